The van der Waals surface area contributed by atoms with Gasteiger partial charge in [-0.15, -0.1) is 0 Å². The van der Waals surface area contributed by atoms with E-state index in [0.29, 0.717) is 5.69 Å². The van der Waals surface area contributed by atoms with Crippen LogP contribution in [0.5, 0.6) is 0 Å². The van der Waals surface area contributed by atoms with Gasteiger partial charge in [-0.25, -0.2) is 0 Å². The number of carbonyl (C=O) groups is 1. The van der Waals surface area contributed by atoms with E-state index in [9.17, 15) is 18.0 Å². The van der Waals surface area contributed by atoms with Crippen molar-refractivity contribution in [1.82, 2.24) is 14.8 Å². The Hall–Kier alpha value is -2.38. The number of hydrogen-bond donors (Lipinski definition) is 1. The average Bonchev–Trinajstić information content (AvgIpc) is 2.81. The number of hydrogen-bond acceptors (Lipinski definition) is 3. The predicted molar refractivity (Wildman–Crippen MR) is 69.5 cm³/mol. The minimum Gasteiger partial charge on any atom is -0.324 e. The van der Waals surface area contributed by atoms with E-state index in [2.05, 4.69) is 15.4 Å². The fourth-order valence-corrected chi connectivity index (χ4v) is 1.81. The molecule has 0 spiro atoms. The second-order valence-corrected chi connectivity index (χ2v) is 4.51. The average molecular weight is 298 g/mol. The molecule has 2 heterocycles. The second kappa shape index (κ2) is 5.55. The Bertz CT molecular complexity index is 637. The fourth-order valence-electron chi connectivity index (χ4n) is 1.81. The fraction of sp³-hybridized carbons (Fsp3) is 0.308. The van der Waals surface area contributed by atoms with Crippen LogP contribution in [-0.2, 0) is 11.0 Å². The van der Waals surface area contributed by atoms with Crippen molar-refractivity contribution in [2.45, 2.75) is 26.1 Å². The maximum absolute atomic E-state index is 12.6. The number of amides is 1. The van der Waals surface area contributed by atoms with E-state index < -0.39 is 23.8 Å². The zero-order chi connectivity index (χ0) is 15.6. The van der Waals surface area contributed by atoms with Gasteiger partial charge in [-0.3, -0.25) is 14.5 Å². The predicted octanol–water partition coefficient (Wildman–Crippen LogP) is 2.81. The molecule has 1 atom stereocenters. The lowest BCUT2D eigenvalue weighted by molar-refractivity contribution is -0.141. The van der Waals surface area contributed by atoms with Crippen LogP contribution >= 0.6 is 0 Å². The van der Waals surface area contributed by atoms with Crippen molar-refractivity contribution < 1.29 is 18.0 Å². The molecule has 1 N–H and O–H groups in total. The highest BCUT2D eigenvalue weighted by atomic mass is 19.4. The number of carbonyl (C=O) groups excluding carboxylic acids is 1. The van der Waals surface area contributed by atoms with Crippen LogP contribution < -0.4 is 5.32 Å². The summed E-state index contributed by atoms with van der Waals surface area (Å²) < 4.78 is 38.9. The summed E-state index contributed by atoms with van der Waals surface area (Å²) in [6.45, 7) is 2.95. The molecule has 2 rings (SSSR count). The van der Waals surface area contributed by atoms with Gasteiger partial charge in [0.2, 0.25) is 5.91 Å². The van der Waals surface area contributed by atoms with E-state index in [1.165, 1.54) is 26.2 Å². The van der Waals surface area contributed by atoms with Gasteiger partial charge in [0.05, 0.1) is 0 Å². The third-order valence-electron chi connectivity index (χ3n) is 2.91. The summed E-state index contributed by atoms with van der Waals surface area (Å²) in [4.78, 5) is 15.9. The van der Waals surface area contributed by atoms with Crippen LogP contribution in [0.3, 0.4) is 0 Å². The largest absolute Gasteiger partial charge is 0.435 e. The molecule has 0 saturated heterocycles. The number of aromatic nitrogens is 3. The topological polar surface area (TPSA) is 59.8 Å². The molecule has 2 aromatic heterocycles. The first-order valence-electron chi connectivity index (χ1n) is 6.13. The molecule has 0 saturated carbocycles. The number of anilines is 1. The zero-order valence-electron chi connectivity index (χ0n) is 11.3. The first kappa shape index (κ1) is 15.0. The molecule has 0 aliphatic rings. The number of rotatable bonds is 3. The van der Waals surface area contributed by atoms with Crippen molar-refractivity contribution >= 4 is 11.6 Å². The van der Waals surface area contributed by atoms with Crippen molar-refractivity contribution in [1.29, 1.82) is 0 Å². The Morgan fingerprint density at radius 3 is 2.48 bits per heavy atom. The molecule has 0 aromatic carbocycles. The van der Waals surface area contributed by atoms with Crippen LogP contribution in [0.25, 0.3) is 0 Å². The summed E-state index contributed by atoms with van der Waals surface area (Å²) in [5, 5.41) is 6.06. The van der Waals surface area contributed by atoms with Gasteiger partial charge in [0.1, 0.15) is 6.04 Å². The van der Waals surface area contributed by atoms with Crippen molar-refractivity contribution in [3.63, 3.8) is 0 Å². The van der Waals surface area contributed by atoms with Crippen LogP contribution in [0, 0.1) is 6.92 Å². The number of nitrogens with one attached hydrogen (secondary N) is 1. The lowest BCUT2D eigenvalue weighted by atomic mass is 10.3. The zero-order valence-corrected chi connectivity index (χ0v) is 11.3. The number of aryl methyl sites for hydroxylation is 1. The van der Waals surface area contributed by atoms with E-state index in [1.807, 2.05) is 0 Å². The lowest BCUT2D eigenvalue weighted by Crippen LogP contribution is -2.25. The Morgan fingerprint density at radius 2 is 1.95 bits per heavy atom. The molecule has 112 valence electrons. The summed E-state index contributed by atoms with van der Waals surface area (Å²) in [6.07, 6.45) is -1.53. The first-order valence-corrected chi connectivity index (χ1v) is 6.13. The number of alkyl halides is 3. The minimum absolute atomic E-state index is 0.264. The van der Waals surface area contributed by atoms with E-state index in [-0.39, 0.29) is 5.69 Å². The molecule has 2 aromatic rings. The Labute approximate surface area is 118 Å². The van der Waals surface area contributed by atoms with Crippen molar-refractivity contribution in [3.05, 3.63) is 42.0 Å². The lowest BCUT2D eigenvalue weighted by Gasteiger charge is -2.14. The first-order chi connectivity index (χ1) is 9.79. The normalized spacial score (nSPS) is 13.0. The summed E-state index contributed by atoms with van der Waals surface area (Å²) in [5.41, 5.74) is -0.231. The SMILES string of the molecule is Cc1cc(C(F)(F)F)nn1[C@H](C)C(=O)Nc1ccncc1. The monoisotopic (exact) mass is 298 g/mol. The highest BCUT2D eigenvalue weighted by Gasteiger charge is 2.35. The van der Waals surface area contributed by atoms with Gasteiger partial charge in [-0.2, -0.15) is 18.3 Å². The number of halogens is 3. The molecular weight excluding hydrogens is 285 g/mol. The van der Waals surface area contributed by atoms with Crippen LogP contribution in [-0.4, -0.2) is 20.7 Å². The van der Waals surface area contributed by atoms with Crippen LogP contribution in [0.4, 0.5) is 18.9 Å². The molecule has 8 heteroatoms. The van der Waals surface area contributed by atoms with Crippen molar-refractivity contribution in [2.24, 2.45) is 0 Å². The van der Waals surface area contributed by atoms with E-state index in [1.54, 1.807) is 12.1 Å². The minimum atomic E-state index is -4.53. The molecule has 0 aliphatic heterocycles. The number of pyridine rings is 1. The van der Waals surface area contributed by atoms with Gasteiger partial charge in [-0.1, -0.05) is 0 Å². The Balaban J connectivity index is 2.18. The van der Waals surface area contributed by atoms with Gasteiger partial charge in [0, 0.05) is 23.8 Å². The van der Waals surface area contributed by atoms with Gasteiger partial charge >= 0.3 is 6.18 Å². The highest BCUT2D eigenvalue weighted by Crippen LogP contribution is 2.29. The highest BCUT2D eigenvalue weighted by molar-refractivity contribution is 5.93. The standard InChI is InChI=1S/C13H13F3N4O/c1-8-7-11(13(14,15)16)19-20(8)9(2)12(21)18-10-3-5-17-6-4-10/h3-7,9H,1-2H3,(H,17,18,21)/t9-/m1/s1. The molecular formula is C13H13F3N4O. The maximum atomic E-state index is 12.6. The molecule has 0 unspecified atom stereocenters. The number of nitrogens with zero attached hydrogens (tertiary/aromatic N) is 3. The summed E-state index contributed by atoms with van der Waals surface area (Å²) in [5.74, 6) is -0.457. The van der Waals surface area contributed by atoms with Crippen LogP contribution in [0.1, 0.15) is 24.4 Å². The Kier molecular flexibility index (Phi) is 3.97. The van der Waals surface area contributed by atoms with Crippen LogP contribution in [0.15, 0.2) is 30.6 Å². The summed E-state index contributed by atoms with van der Waals surface area (Å²) in [6, 6.07) is 3.22. The summed E-state index contributed by atoms with van der Waals surface area (Å²) in [7, 11) is 0. The van der Waals surface area contributed by atoms with Crippen molar-refractivity contribution in [3.8, 4) is 0 Å². The summed E-state index contributed by atoms with van der Waals surface area (Å²) >= 11 is 0. The molecule has 21 heavy (non-hydrogen) atoms. The molecule has 0 aliphatic carbocycles. The van der Waals surface area contributed by atoms with E-state index in [4.69, 9.17) is 0 Å². The maximum Gasteiger partial charge on any atom is 0.435 e. The second-order valence-electron chi connectivity index (χ2n) is 4.51. The molecule has 0 bridgehead atoms. The van der Waals surface area contributed by atoms with Crippen LogP contribution in [0.2, 0.25) is 0 Å². The quantitative estimate of drug-likeness (QED) is 0.948. The molecule has 0 fully saturated rings. The third-order valence-corrected chi connectivity index (χ3v) is 2.91. The van der Waals surface area contributed by atoms with Gasteiger partial charge in [0.15, 0.2) is 5.69 Å². The Morgan fingerprint density at radius 1 is 1.33 bits per heavy atom. The molecule has 0 radical (unpaired) electrons. The third kappa shape index (κ3) is 3.39. The van der Waals surface area contributed by atoms with E-state index >= 15 is 0 Å². The van der Waals surface area contributed by atoms with Crippen molar-refractivity contribution in [2.75, 3.05) is 5.32 Å². The van der Waals surface area contributed by atoms with Gasteiger partial charge < -0.3 is 5.32 Å². The molecule has 5 nitrogen and oxygen atoms in total. The van der Waals surface area contributed by atoms with Gasteiger partial charge in [-0.05, 0) is 32.0 Å². The van der Waals surface area contributed by atoms with E-state index in [0.717, 1.165) is 10.7 Å². The smallest absolute Gasteiger partial charge is 0.324 e. The molecule has 1 amide bonds. The van der Waals surface area contributed by atoms with Gasteiger partial charge in [0.25, 0.3) is 0 Å².